The monoisotopic (exact) mass is 718 g/mol. The molecule has 0 radical (unpaired) electrons. The fourth-order valence-corrected chi connectivity index (χ4v) is 4.44. The van der Waals surface area contributed by atoms with E-state index in [-0.39, 0.29) is 91.2 Å². The van der Waals surface area contributed by atoms with E-state index in [1.807, 2.05) is 0 Å². The van der Waals surface area contributed by atoms with E-state index in [1.165, 1.54) is 13.8 Å². The molecule has 0 unspecified atom stereocenters. The van der Waals surface area contributed by atoms with Gasteiger partial charge in [-0.3, -0.25) is 4.90 Å². The number of hydrogen-bond acceptors (Lipinski definition) is 8. The Kier molecular flexibility index (Phi) is 14.6. The van der Waals surface area contributed by atoms with Gasteiger partial charge in [0, 0.05) is 25.6 Å². The molecule has 1 aromatic heterocycles. The van der Waals surface area contributed by atoms with Gasteiger partial charge in [0.25, 0.3) is 0 Å². The Labute approximate surface area is 296 Å². The maximum absolute atomic E-state index is 13.8. The summed E-state index contributed by atoms with van der Waals surface area (Å²) in [5.41, 5.74) is -5.22. The molecule has 0 bridgehead atoms. The molecular weight excluding hydrogens is 690 g/mol. The van der Waals surface area contributed by atoms with Crippen LogP contribution >= 0.6 is 0 Å². The predicted octanol–water partition coefficient (Wildman–Crippen LogP) is 3.64. The van der Waals surface area contributed by atoms with Crippen molar-refractivity contribution < 1.29 is 93.2 Å². The van der Waals surface area contributed by atoms with Crippen LogP contribution in [0.4, 0.5) is 55.9 Å². The Morgan fingerprint density at radius 3 is 1.88 bits per heavy atom. The van der Waals surface area contributed by atoms with Crippen molar-refractivity contribution >= 4 is 23.7 Å². The molecule has 262 valence electrons. The number of carboxylic acid groups (broad SMARTS) is 1. The number of carbonyl (C=O) groups is 2. The number of amides is 1. The quantitative estimate of drug-likeness (QED) is 0.150. The van der Waals surface area contributed by atoms with Gasteiger partial charge < -0.3 is 24.3 Å². The largest absolute Gasteiger partial charge is 1.00 e. The van der Waals surface area contributed by atoms with Crippen molar-refractivity contribution in [2.45, 2.75) is 58.3 Å². The summed E-state index contributed by atoms with van der Waals surface area (Å²) in [6, 6.07) is 3.23. The van der Waals surface area contributed by atoms with Gasteiger partial charge in [-0.05, 0) is 74.2 Å². The van der Waals surface area contributed by atoms with Crippen molar-refractivity contribution in [2.75, 3.05) is 29.6 Å². The molecular formula is C30H28F9N4NaO5. The summed E-state index contributed by atoms with van der Waals surface area (Å²) in [4.78, 5) is 33.4. The first-order valence-corrected chi connectivity index (χ1v) is 14.2. The number of rotatable bonds is 13. The molecule has 0 N–H and O–H groups in total. The van der Waals surface area contributed by atoms with Crippen LogP contribution in [0.15, 0.2) is 48.8 Å². The van der Waals surface area contributed by atoms with E-state index in [2.05, 4.69) is 9.97 Å². The first kappa shape index (κ1) is 41.4. The van der Waals surface area contributed by atoms with Crippen LogP contribution < -0.4 is 49.2 Å². The molecule has 0 spiro atoms. The van der Waals surface area contributed by atoms with Gasteiger partial charge >= 0.3 is 54.2 Å². The molecule has 2 aromatic carbocycles. The van der Waals surface area contributed by atoms with Crippen LogP contribution in [-0.2, 0) is 41.1 Å². The molecule has 19 heteroatoms. The van der Waals surface area contributed by atoms with Gasteiger partial charge in [0.1, 0.15) is 0 Å². The van der Waals surface area contributed by atoms with Crippen molar-refractivity contribution in [3.8, 4) is 5.75 Å². The van der Waals surface area contributed by atoms with Gasteiger partial charge in [-0.1, -0.05) is 0 Å². The third kappa shape index (κ3) is 12.0. The maximum atomic E-state index is 13.8. The zero-order chi connectivity index (χ0) is 35.9. The predicted molar refractivity (Wildman–Crippen MR) is 150 cm³/mol. The summed E-state index contributed by atoms with van der Waals surface area (Å²) in [6.07, 6.45) is -14.3. The third-order valence-electron chi connectivity index (χ3n) is 6.58. The van der Waals surface area contributed by atoms with Crippen LogP contribution in [-0.4, -0.2) is 41.8 Å². The van der Waals surface area contributed by atoms with Gasteiger partial charge in [0.2, 0.25) is 5.95 Å². The maximum Gasteiger partial charge on any atom is 1.00 e. The topological polar surface area (TPSA) is 108 Å². The van der Waals surface area contributed by atoms with Crippen molar-refractivity contribution in [2.24, 2.45) is 0 Å². The number of benzene rings is 2. The number of nitrogens with zero attached hydrogens (tertiary/aromatic N) is 4. The molecule has 0 fully saturated rings. The van der Waals surface area contributed by atoms with Crippen LogP contribution in [0.3, 0.4) is 0 Å². The fraction of sp³-hybridized carbons (Fsp3) is 0.400. The summed E-state index contributed by atoms with van der Waals surface area (Å²) in [6.45, 7) is 1.34. The Balaban J connectivity index is 0.00000833. The zero-order valence-corrected chi connectivity index (χ0v) is 28.3. The molecule has 0 aliphatic heterocycles. The molecule has 0 aliphatic carbocycles. The van der Waals surface area contributed by atoms with E-state index >= 15 is 0 Å². The van der Waals surface area contributed by atoms with E-state index in [1.54, 1.807) is 0 Å². The number of aliphatic carboxylic acids is 1. The van der Waals surface area contributed by atoms with E-state index in [0.717, 1.165) is 28.3 Å². The summed E-state index contributed by atoms with van der Waals surface area (Å²) in [5, 5.41) is 10.6. The Bertz CT molecular complexity index is 1540. The minimum atomic E-state index is -5.18. The molecule has 0 atom stereocenters. The minimum Gasteiger partial charge on any atom is -0.550 e. The standard InChI is InChI=1S/C30H29F9N4O5.Na/c1-3-43(27(46)47-4-2)24-8-7-20(28(31,32)33)12-19(24)17-42(26-40-14-23(15-41-26)48-9-5-6-25(44)45)16-18-10-21(29(34,35)36)13-22(11-18)30(37,38)39;/h7-8,10-15H,3-6,9,16-17H2,1-2H3,(H,44,45);/q;+1/p-1. The smallest absolute Gasteiger partial charge is 0.550 e. The minimum absolute atomic E-state index is 0. The summed E-state index contributed by atoms with van der Waals surface area (Å²) in [5.74, 6) is -1.65. The molecule has 0 saturated heterocycles. The van der Waals surface area contributed by atoms with Crippen LogP contribution in [0, 0.1) is 0 Å². The Morgan fingerprint density at radius 2 is 1.39 bits per heavy atom. The molecule has 0 aliphatic rings. The SMILES string of the molecule is CCOC(=O)N(CC)c1ccc(C(F)(F)F)cc1CN(Cc1cc(C(F)(F)F)cc(C(F)(F)F)c1)c1ncc(OCCCC(=O)[O-])cn1.[Na+]. The van der Waals surface area contributed by atoms with Gasteiger partial charge in [-0.15, -0.1) is 0 Å². The zero-order valence-electron chi connectivity index (χ0n) is 26.3. The van der Waals surface area contributed by atoms with E-state index < -0.39 is 65.9 Å². The van der Waals surface area contributed by atoms with E-state index in [0.29, 0.717) is 24.3 Å². The molecule has 49 heavy (non-hydrogen) atoms. The third-order valence-corrected chi connectivity index (χ3v) is 6.58. The summed E-state index contributed by atoms with van der Waals surface area (Å²) in [7, 11) is 0. The number of carbonyl (C=O) groups excluding carboxylic acids is 2. The number of hydrogen-bond donors (Lipinski definition) is 0. The van der Waals surface area contributed by atoms with Crippen LogP contribution in [0.1, 0.15) is 54.5 Å². The summed E-state index contributed by atoms with van der Waals surface area (Å²) < 4.78 is 133. The Hall–Kier alpha value is -3.77. The second-order valence-corrected chi connectivity index (χ2v) is 10.1. The number of ether oxygens (including phenoxy) is 2. The number of aromatic nitrogens is 2. The van der Waals surface area contributed by atoms with Crippen LogP contribution in [0.2, 0.25) is 0 Å². The van der Waals surface area contributed by atoms with Gasteiger partial charge in [-0.2, -0.15) is 39.5 Å². The number of anilines is 2. The average Bonchev–Trinajstić information content (AvgIpc) is 2.99. The second-order valence-electron chi connectivity index (χ2n) is 10.1. The van der Waals surface area contributed by atoms with Gasteiger partial charge in [0.15, 0.2) is 5.75 Å². The van der Waals surface area contributed by atoms with E-state index in [4.69, 9.17) is 9.47 Å². The number of halogens is 9. The molecule has 3 rings (SSSR count). The van der Waals surface area contributed by atoms with Crippen molar-refractivity contribution in [3.63, 3.8) is 0 Å². The van der Waals surface area contributed by atoms with Crippen molar-refractivity contribution in [1.29, 1.82) is 0 Å². The second kappa shape index (κ2) is 17.2. The first-order valence-electron chi connectivity index (χ1n) is 14.2. The molecule has 1 heterocycles. The van der Waals surface area contributed by atoms with Crippen LogP contribution in [0.5, 0.6) is 5.75 Å². The van der Waals surface area contributed by atoms with Gasteiger partial charge in [0.05, 0.1) is 48.0 Å². The molecule has 3 aromatic rings. The van der Waals surface area contributed by atoms with E-state index in [9.17, 15) is 54.2 Å². The number of alkyl halides is 9. The fourth-order valence-electron chi connectivity index (χ4n) is 4.44. The number of carboxylic acids is 1. The van der Waals surface area contributed by atoms with Crippen molar-refractivity contribution in [1.82, 2.24) is 9.97 Å². The first-order chi connectivity index (χ1) is 22.3. The van der Waals surface area contributed by atoms with Gasteiger partial charge in [-0.25, -0.2) is 14.8 Å². The normalized spacial score (nSPS) is 11.8. The Morgan fingerprint density at radius 1 is 0.816 bits per heavy atom. The van der Waals surface area contributed by atoms with Crippen LogP contribution in [0.25, 0.3) is 0 Å². The molecule has 9 nitrogen and oxygen atoms in total. The molecule has 0 saturated carbocycles. The molecule has 1 amide bonds. The summed E-state index contributed by atoms with van der Waals surface area (Å²) >= 11 is 0. The van der Waals surface area contributed by atoms with Crippen molar-refractivity contribution in [3.05, 3.63) is 76.6 Å². The average molecular weight is 719 g/mol.